The molecular weight excluding hydrogens is 338 g/mol. The summed E-state index contributed by atoms with van der Waals surface area (Å²) in [6, 6.07) is 6.64. The molecule has 0 spiro atoms. The van der Waals surface area contributed by atoms with Gasteiger partial charge in [-0.2, -0.15) is 10.5 Å². The molecule has 10 heteroatoms. The lowest BCUT2D eigenvalue weighted by molar-refractivity contribution is 0.0697. The van der Waals surface area contributed by atoms with Gasteiger partial charge in [0.25, 0.3) is 0 Å². The maximum atomic E-state index is 11.2. The molecule has 1 aromatic carbocycles. The van der Waals surface area contributed by atoms with Gasteiger partial charge >= 0.3 is 5.97 Å². The molecule has 1 aromatic heterocycles. The van der Waals surface area contributed by atoms with Crippen LogP contribution in [-0.4, -0.2) is 51.0 Å². The SMILES string of the molecule is N#CC(=CNc1cc(C(=O)O)ccc1NCC1CCCO1)c1nn[nH]n1. The number of carbonyl (C=O) groups is 1. The molecule has 3 rings (SSSR count). The number of ether oxygens (including phenoxy) is 1. The third-order valence-electron chi connectivity index (χ3n) is 3.89. The minimum absolute atomic E-state index is 0.127. The van der Waals surface area contributed by atoms with Crippen LogP contribution in [0, 0.1) is 11.3 Å². The minimum atomic E-state index is -1.04. The van der Waals surface area contributed by atoms with Gasteiger partial charge in [-0.05, 0) is 36.3 Å². The van der Waals surface area contributed by atoms with E-state index in [1.807, 2.05) is 6.07 Å². The Hall–Kier alpha value is -3.45. The third-order valence-corrected chi connectivity index (χ3v) is 3.89. The largest absolute Gasteiger partial charge is 0.478 e. The predicted molar refractivity (Wildman–Crippen MR) is 92.3 cm³/mol. The molecule has 1 atom stereocenters. The molecule has 134 valence electrons. The van der Waals surface area contributed by atoms with Crippen molar-refractivity contribution < 1.29 is 14.6 Å². The van der Waals surface area contributed by atoms with Crippen molar-refractivity contribution in [2.24, 2.45) is 0 Å². The number of rotatable bonds is 7. The number of H-pyrrole nitrogens is 1. The monoisotopic (exact) mass is 355 g/mol. The van der Waals surface area contributed by atoms with Gasteiger partial charge in [0.15, 0.2) is 0 Å². The lowest BCUT2D eigenvalue weighted by Gasteiger charge is -2.16. The highest BCUT2D eigenvalue weighted by molar-refractivity contribution is 5.91. The van der Waals surface area contributed by atoms with Crippen LogP contribution in [0.5, 0.6) is 0 Å². The van der Waals surface area contributed by atoms with E-state index in [9.17, 15) is 15.2 Å². The summed E-state index contributed by atoms with van der Waals surface area (Å²) in [5.74, 6) is -0.898. The molecule has 26 heavy (non-hydrogen) atoms. The summed E-state index contributed by atoms with van der Waals surface area (Å²) in [4.78, 5) is 11.2. The Morgan fingerprint density at radius 3 is 3.04 bits per heavy atom. The van der Waals surface area contributed by atoms with E-state index < -0.39 is 5.97 Å². The van der Waals surface area contributed by atoms with Crippen molar-refractivity contribution in [1.82, 2.24) is 20.6 Å². The van der Waals surface area contributed by atoms with Crippen LogP contribution in [0.1, 0.15) is 29.0 Å². The molecule has 0 amide bonds. The number of aromatic carboxylic acids is 1. The molecule has 4 N–H and O–H groups in total. The van der Waals surface area contributed by atoms with E-state index in [0.717, 1.165) is 19.4 Å². The zero-order valence-electron chi connectivity index (χ0n) is 13.8. The minimum Gasteiger partial charge on any atom is -0.478 e. The number of tetrazole rings is 1. The van der Waals surface area contributed by atoms with Gasteiger partial charge in [0.05, 0.1) is 23.0 Å². The smallest absolute Gasteiger partial charge is 0.335 e. The third kappa shape index (κ3) is 4.14. The molecule has 2 heterocycles. The van der Waals surface area contributed by atoms with Gasteiger partial charge in [-0.1, -0.05) is 0 Å². The average Bonchev–Trinajstić information content (AvgIpc) is 3.35. The number of carboxylic acid groups (broad SMARTS) is 1. The fourth-order valence-corrected chi connectivity index (χ4v) is 2.55. The van der Waals surface area contributed by atoms with E-state index in [4.69, 9.17) is 4.74 Å². The van der Waals surface area contributed by atoms with Crippen molar-refractivity contribution in [3.05, 3.63) is 35.8 Å². The lowest BCUT2D eigenvalue weighted by Crippen LogP contribution is -2.19. The quantitative estimate of drug-likeness (QED) is 0.541. The number of nitrogens with zero attached hydrogens (tertiary/aromatic N) is 4. The molecule has 0 aliphatic carbocycles. The Bertz CT molecular complexity index is 836. The number of aromatic amines is 1. The van der Waals surface area contributed by atoms with Crippen LogP contribution < -0.4 is 10.6 Å². The Balaban J connectivity index is 1.81. The van der Waals surface area contributed by atoms with Crippen LogP contribution in [0.2, 0.25) is 0 Å². The molecule has 1 aliphatic rings. The Morgan fingerprint density at radius 1 is 1.50 bits per heavy atom. The van der Waals surface area contributed by atoms with Crippen molar-refractivity contribution in [3.8, 4) is 6.07 Å². The van der Waals surface area contributed by atoms with Gasteiger partial charge in [-0.15, -0.1) is 10.2 Å². The molecule has 0 saturated carbocycles. The number of benzene rings is 1. The molecule has 1 unspecified atom stereocenters. The summed E-state index contributed by atoms with van der Waals surface area (Å²) in [6.07, 6.45) is 3.56. The van der Waals surface area contributed by atoms with Crippen LogP contribution >= 0.6 is 0 Å². The summed E-state index contributed by atoms with van der Waals surface area (Å²) < 4.78 is 5.58. The molecule has 2 aromatic rings. The van der Waals surface area contributed by atoms with E-state index in [0.29, 0.717) is 17.9 Å². The summed E-state index contributed by atoms with van der Waals surface area (Å²) >= 11 is 0. The molecule has 0 radical (unpaired) electrons. The van der Waals surface area contributed by atoms with Gasteiger partial charge in [0, 0.05) is 19.4 Å². The maximum absolute atomic E-state index is 11.2. The number of nitriles is 1. The Morgan fingerprint density at radius 2 is 2.38 bits per heavy atom. The van der Waals surface area contributed by atoms with E-state index in [2.05, 4.69) is 31.3 Å². The first-order valence-corrected chi connectivity index (χ1v) is 8.01. The number of hydrogen-bond acceptors (Lipinski definition) is 8. The maximum Gasteiger partial charge on any atom is 0.335 e. The molecule has 1 saturated heterocycles. The van der Waals surface area contributed by atoms with Crippen LogP contribution in [0.15, 0.2) is 24.4 Å². The molecule has 0 bridgehead atoms. The van der Waals surface area contributed by atoms with Crippen LogP contribution in [0.3, 0.4) is 0 Å². The first-order valence-electron chi connectivity index (χ1n) is 8.01. The number of nitrogens with one attached hydrogen (secondary N) is 3. The van der Waals surface area contributed by atoms with Crippen molar-refractivity contribution in [1.29, 1.82) is 5.26 Å². The lowest BCUT2D eigenvalue weighted by atomic mass is 10.1. The van der Waals surface area contributed by atoms with Crippen LogP contribution in [0.25, 0.3) is 5.57 Å². The molecule has 1 aliphatic heterocycles. The number of carboxylic acids is 1. The Kier molecular flexibility index (Phi) is 5.40. The zero-order chi connectivity index (χ0) is 18.4. The Labute approximate surface area is 148 Å². The van der Waals surface area contributed by atoms with Crippen LogP contribution in [0.4, 0.5) is 11.4 Å². The van der Waals surface area contributed by atoms with Crippen molar-refractivity contribution in [3.63, 3.8) is 0 Å². The van der Waals surface area contributed by atoms with Gasteiger partial charge in [-0.25, -0.2) is 4.79 Å². The van der Waals surface area contributed by atoms with E-state index in [-0.39, 0.29) is 23.1 Å². The van der Waals surface area contributed by atoms with E-state index >= 15 is 0 Å². The summed E-state index contributed by atoms with van der Waals surface area (Å²) in [6.45, 7) is 1.37. The second-order valence-corrected chi connectivity index (χ2v) is 5.63. The summed E-state index contributed by atoms with van der Waals surface area (Å²) in [5, 5.41) is 37.8. The van der Waals surface area contributed by atoms with Gasteiger partial charge in [0.2, 0.25) is 5.82 Å². The second-order valence-electron chi connectivity index (χ2n) is 5.63. The number of anilines is 2. The molecular formula is C16H17N7O3. The highest BCUT2D eigenvalue weighted by Crippen LogP contribution is 2.25. The fourth-order valence-electron chi connectivity index (χ4n) is 2.55. The summed E-state index contributed by atoms with van der Waals surface area (Å²) in [5.41, 5.74) is 1.50. The average molecular weight is 355 g/mol. The number of allylic oxidation sites excluding steroid dienone is 1. The zero-order valence-corrected chi connectivity index (χ0v) is 13.8. The highest BCUT2D eigenvalue weighted by Gasteiger charge is 2.16. The predicted octanol–water partition coefficient (Wildman–Crippen LogP) is 1.47. The number of hydrogen-bond donors (Lipinski definition) is 4. The molecule has 1 fully saturated rings. The van der Waals surface area contributed by atoms with Crippen molar-refractivity contribution >= 4 is 22.9 Å². The highest BCUT2D eigenvalue weighted by atomic mass is 16.5. The van der Waals surface area contributed by atoms with Crippen molar-refractivity contribution in [2.75, 3.05) is 23.8 Å². The number of aromatic nitrogens is 4. The second kappa shape index (κ2) is 8.09. The first-order chi connectivity index (χ1) is 12.7. The fraction of sp³-hybridized carbons (Fsp3) is 0.312. The van der Waals surface area contributed by atoms with Gasteiger partial charge in [-0.3, -0.25) is 0 Å². The van der Waals surface area contributed by atoms with Crippen LogP contribution in [-0.2, 0) is 4.74 Å². The van der Waals surface area contributed by atoms with E-state index in [1.165, 1.54) is 18.3 Å². The topological polar surface area (TPSA) is 149 Å². The van der Waals surface area contributed by atoms with E-state index in [1.54, 1.807) is 6.07 Å². The van der Waals surface area contributed by atoms with Gasteiger partial charge in [0.1, 0.15) is 11.6 Å². The normalized spacial score (nSPS) is 16.9. The molecule has 10 nitrogen and oxygen atoms in total. The summed E-state index contributed by atoms with van der Waals surface area (Å²) in [7, 11) is 0. The standard InChI is InChI=1S/C16H17N7O3/c17-7-11(15-20-22-23-21-15)8-18-14-6-10(16(24)25)3-4-13(14)19-9-12-2-1-5-26-12/h3-4,6,8,12,18-19H,1-2,5,9H2,(H,24,25)(H,20,21,22,23). The van der Waals surface area contributed by atoms with Crippen molar-refractivity contribution in [2.45, 2.75) is 18.9 Å². The van der Waals surface area contributed by atoms with Gasteiger partial charge < -0.3 is 20.5 Å². The first kappa shape index (κ1) is 17.4.